The monoisotopic (exact) mass is 315 g/mol. The molecule has 0 spiro atoms. The van der Waals surface area contributed by atoms with Crippen LogP contribution in [-0.2, 0) is 4.74 Å². The first-order valence-corrected chi connectivity index (χ1v) is 6.72. The maximum Gasteiger partial charge on any atom is 0.229 e. The maximum absolute atomic E-state index is 9.91. The summed E-state index contributed by atoms with van der Waals surface area (Å²) in [4.78, 5) is 0.107. The standard InChI is InChI=1S/C13H17NO6S/c14-12(21)6-3-1-2-4-7(6)19-13-11(18)10(17)9(16)8(5-15)20-13/h1-4,8-11,13,15-18H,5H2,(H2,14,21)/t8-,9-,10+,11-,13+/m1/s1. The Hall–Kier alpha value is -1.29. The molecule has 1 aromatic rings. The fourth-order valence-electron chi connectivity index (χ4n) is 2.06. The minimum absolute atomic E-state index is 0.107. The van der Waals surface area contributed by atoms with Gasteiger partial charge in [0.15, 0.2) is 0 Å². The topological polar surface area (TPSA) is 125 Å². The van der Waals surface area contributed by atoms with Gasteiger partial charge < -0.3 is 35.6 Å². The van der Waals surface area contributed by atoms with Crippen LogP contribution in [0.2, 0.25) is 0 Å². The molecule has 1 aliphatic rings. The Labute approximate surface area is 126 Å². The van der Waals surface area contributed by atoms with E-state index in [4.69, 9.17) is 32.5 Å². The lowest BCUT2D eigenvalue weighted by Gasteiger charge is -2.39. The molecular weight excluding hydrogens is 298 g/mol. The van der Waals surface area contributed by atoms with E-state index in [1.54, 1.807) is 24.3 Å². The highest BCUT2D eigenvalue weighted by Gasteiger charge is 2.44. The van der Waals surface area contributed by atoms with Crippen molar-refractivity contribution in [2.45, 2.75) is 30.7 Å². The van der Waals surface area contributed by atoms with E-state index in [0.717, 1.165) is 0 Å². The molecule has 21 heavy (non-hydrogen) atoms. The normalized spacial score (nSPS) is 32.7. The zero-order valence-corrected chi connectivity index (χ0v) is 11.8. The summed E-state index contributed by atoms with van der Waals surface area (Å²) in [6.45, 7) is -0.526. The fourth-order valence-corrected chi connectivity index (χ4v) is 2.23. The van der Waals surface area contributed by atoms with Crippen LogP contribution in [0.3, 0.4) is 0 Å². The Bertz CT molecular complexity index is 511. The summed E-state index contributed by atoms with van der Waals surface area (Å²) >= 11 is 4.90. The van der Waals surface area contributed by atoms with Crippen molar-refractivity contribution >= 4 is 17.2 Å². The number of hydrogen-bond acceptors (Lipinski definition) is 7. The highest BCUT2D eigenvalue weighted by molar-refractivity contribution is 7.80. The van der Waals surface area contributed by atoms with Crippen LogP contribution in [0.5, 0.6) is 5.75 Å². The summed E-state index contributed by atoms with van der Waals surface area (Å²) in [5, 5.41) is 38.4. The Kier molecular flexibility index (Phi) is 5.09. The number of rotatable bonds is 4. The van der Waals surface area contributed by atoms with E-state index in [2.05, 4.69) is 0 Å². The van der Waals surface area contributed by atoms with Gasteiger partial charge >= 0.3 is 0 Å². The molecule has 1 heterocycles. The van der Waals surface area contributed by atoms with E-state index in [0.29, 0.717) is 5.56 Å². The molecule has 0 bridgehead atoms. The van der Waals surface area contributed by atoms with Gasteiger partial charge in [-0.1, -0.05) is 24.4 Å². The van der Waals surface area contributed by atoms with E-state index >= 15 is 0 Å². The van der Waals surface area contributed by atoms with E-state index < -0.39 is 37.3 Å². The smallest absolute Gasteiger partial charge is 0.229 e. The number of benzene rings is 1. The van der Waals surface area contributed by atoms with E-state index in [-0.39, 0.29) is 10.7 Å². The molecule has 8 heteroatoms. The number of para-hydroxylation sites is 1. The molecule has 1 fully saturated rings. The molecule has 0 aliphatic carbocycles. The van der Waals surface area contributed by atoms with Gasteiger partial charge in [-0.15, -0.1) is 0 Å². The third-order valence-corrected chi connectivity index (χ3v) is 3.46. The molecular formula is C13H17NO6S. The van der Waals surface area contributed by atoms with E-state index in [1.807, 2.05) is 0 Å². The zero-order valence-electron chi connectivity index (χ0n) is 11.0. The lowest BCUT2D eigenvalue weighted by Crippen LogP contribution is -2.60. The summed E-state index contributed by atoms with van der Waals surface area (Å²) < 4.78 is 10.7. The number of aliphatic hydroxyl groups is 4. The second kappa shape index (κ2) is 6.65. The molecule has 7 nitrogen and oxygen atoms in total. The van der Waals surface area contributed by atoms with Gasteiger partial charge in [-0.2, -0.15) is 0 Å². The van der Waals surface area contributed by atoms with Crippen molar-refractivity contribution in [3.05, 3.63) is 29.8 Å². The summed E-state index contributed by atoms with van der Waals surface area (Å²) in [6, 6.07) is 6.62. The molecule has 2 rings (SSSR count). The molecule has 0 amide bonds. The van der Waals surface area contributed by atoms with Crippen LogP contribution in [-0.4, -0.2) is 62.7 Å². The SMILES string of the molecule is NC(=S)c1ccccc1O[C@H]1O[C@H](CO)[C@@H](O)[C@H](O)[C@H]1O. The fraction of sp³-hybridized carbons (Fsp3) is 0.462. The quantitative estimate of drug-likeness (QED) is 0.425. The molecule has 1 aliphatic heterocycles. The third-order valence-electron chi connectivity index (χ3n) is 3.24. The largest absolute Gasteiger partial charge is 0.461 e. The van der Waals surface area contributed by atoms with Crippen LogP contribution < -0.4 is 10.5 Å². The van der Waals surface area contributed by atoms with Gasteiger partial charge in [-0.25, -0.2) is 0 Å². The van der Waals surface area contributed by atoms with Gasteiger partial charge in [0, 0.05) is 0 Å². The first-order chi connectivity index (χ1) is 9.95. The number of hydrogen-bond donors (Lipinski definition) is 5. The predicted octanol–water partition coefficient (Wildman–Crippen LogP) is -1.50. The first-order valence-electron chi connectivity index (χ1n) is 6.31. The molecule has 0 unspecified atom stereocenters. The van der Waals surface area contributed by atoms with Crippen molar-refractivity contribution in [1.29, 1.82) is 0 Å². The molecule has 1 aromatic carbocycles. The molecule has 0 saturated carbocycles. The average molecular weight is 315 g/mol. The van der Waals surface area contributed by atoms with Gasteiger partial charge in [0.1, 0.15) is 35.2 Å². The lowest BCUT2D eigenvalue weighted by molar-refractivity contribution is -0.277. The minimum Gasteiger partial charge on any atom is -0.461 e. The van der Waals surface area contributed by atoms with Crippen LogP contribution in [0.4, 0.5) is 0 Å². The lowest BCUT2D eigenvalue weighted by atomic mass is 9.99. The molecule has 6 N–H and O–H groups in total. The van der Waals surface area contributed by atoms with Crippen LogP contribution in [0, 0.1) is 0 Å². The van der Waals surface area contributed by atoms with Crippen LogP contribution in [0.15, 0.2) is 24.3 Å². The van der Waals surface area contributed by atoms with Crippen LogP contribution >= 0.6 is 12.2 Å². The van der Waals surface area contributed by atoms with Gasteiger partial charge in [-0.05, 0) is 12.1 Å². The molecule has 116 valence electrons. The van der Waals surface area contributed by atoms with Crippen molar-refractivity contribution < 1.29 is 29.9 Å². The van der Waals surface area contributed by atoms with Crippen molar-refractivity contribution in [2.75, 3.05) is 6.61 Å². The molecule has 5 atom stereocenters. The predicted molar refractivity (Wildman–Crippen MR) is 76.7 cm³/mol. The van der Waals surface area contributed by atoms with Gasteiger partial charge in [0.25, 0.3) is 0 Å². The summed E-state index contributed by atoms with van der Waals surface area (Å²) in [5.74, 6) is 0.273. The van der Waals surface area contributed by atoms with Crippen molar-refractivity contribution in [2.24, 2.45) is 5.73 Å². The van der Waals surface area contributed by atoms with Crippen molar-refractivity contribution in [3.8, 4) is 5.75 Å². The van der Waals surface area contributed by atoms with Crippen molar-refractivity contribution in [1.82, 2.24) is 0 Å². The number of thiocarbonyl (C=S) groups is 1. The second-order valence-corrected chi connectivity index (χ2v) is 5.12. The Balaban J connectivity index is 2.20. The Morgan fingerprint density at radius 2 is 1.86 bits per heavy atom. The molecule has 0 aromatic heterocycles. The Morgan fingerprint density at radius 3 is 2.48 bits per heavy atom. The minimum atomic E-state index is -1.50. The first kappa shape index (κ1) is 16.1. The van der Waals surface area contributed by atoms with Crippen LogP contribution in [0.25, 0.3) is 0 Å². The van der Waals surface area contributed by atoms with Gasteiger partial charge in [0.05, 0.1) is 12.2 Å². The number of aliphatic hydroxyl groups excluding tert-OH is 4. The van der Waals surface area contributed by atoms with Gasteiger partial charge in [0.2, 0.25) is 6.29 Å². The number of nitrogens with two attached hydrogens (primary N) is 1. The highest BCUT2D eigenvalue weighted by Crippen LogP contribution is 2.26. The summed E-state index contributed by atoms with van der Waals surface area (Å²) in [7, 11) is 0. The third kappa shape index (κ3) is 3.31. The average Bonchev–Trinajstić information content (AvgIpc) is 2.48. The van der Waals surface area contributed by atoms with Crippen molar-refractivity contribution in [3.63, 3.8) is 0 Å². The van der Waals surface area contributed by atoms with E-state index in [9.17, 15) is 15.3 Å². The maximum atomic E-state index is 9.91. The zero-order chi connectivity index (χ0) is 15.6. The Morgan fingerprint density at radius 1 is 1.19 bits per heavy atom. The van der Waals surface area contributed by atoms with Crippen LogP contribution in [0.1, 0.15) is 5.56 Å². The highest BCUT2D eigenvalue weighted by atomic mass is 32.1. The molecule has 0 radical (unpaired) electrons. The molecule has 1 saturated heterocycles. The van der Waals surface area contributed by atoms with E-state index in [1.165, 1.54) is 0 Å². The summed E-state index contributed by atoms with van der Waals surface area (Å²) in [6.07, 6.45) is -6.72. The summed E-state index contributed by atoms with van der Waals surface area (Å²) in [5.41, 5.74) is 6.02. The second-order valence-electron chi connectivity index (χ2n) is 4.68. The van der Waals surface area contributed by atoms with Gasteiger partial charge in [-0.3, -0.25) is 0 Å². The number of ether oxygens (including phenoxy) is 2.